The zero-order chi connectivity index (χ0) is 31.9. The summed E-state index contributed by atoms with van der Waals surface area (Å²) in [6.45, 7) is 10.6. The normalized spacial score (nSPS) is 13.4. The molecule has 0 radical (unpaired) electrons. The molecular formula is C32H41N7O5. The number of nitrogens with zero attached hydrogens (tertiary/aromatic N) is 6. The van der Waals surface area contributed by atoms with Gasteiger partial charge in [0.2, 0.25) is 11.9 Å². The average molecular weight is 604 g/mol. The lowest BCUT2D eigenvalue weighted by Gasteiger charge is -2.36. The summed E-state index contributed by atoms with van der Waals surface area (Å²) in [5.74, 6) is 0.552. The van der Waals surface area contributed by atoms with E-state index in [9.17, 15) is 14.4 Å². The Morgan fingerprint density at radius 1 is 0.955 bits per heavy atom. The van der Waals surface area contributed by atoms with Gasteiger partial charge in [0.05, 0.1) is 0 Å². The highest BCUT2D eigenvalue weighted by Gasteiger charge is 2.22. The standard InChI is InChI=1S/C32H41N7O5/c1-22-15-23(9-10-28(41)42)17-33-29(22)38-11-13-39(14-12-38)30-34-18-26(19-35-30)25-8-6-7-24(16-25)21-37(5)27(40)20-36-31(43)44-32(2,3)4/h6-8,15-19H,9-14,20-21H2,1-5H3,(H,36,43)(H,41,42). The molecule has 1 saturated heterocycles. The summed E-state index contributed by atoms with van der Waals surface area (Å²) in [7, 11) is 1.69. The number of piperazine rings is 1. The molecule has 2 N–H and O–H groups in total. The van der Waals surface area contributed by atoms with E-state index in [1.54, 1.807) is 38.9 Å². The monoisotopic (exact) mass is 603 g/mol. The van der Waals surface area contributed by atoms with E-state index in [1.165, 1.54) is 0 Å². The van der Waals surface area contributed by atoms with Crippen LogP contribution in [-0.2, 0) is 27.3 Å². The van der Waals surface area contributed by atoms with Crippen molar-refractivity contribution < 1.29 is 24.2 Å². The second-order valence-corrected chi connectivity index (χ2v) is 11.9. The Kier molecular flexibility index (Phi) is 10.4. The topological polar surface area (TPSA) is 141 Å². The molecule has 3 aromatic rings. The number of hydrogen-bond acceptors (Lipinski definition) is 9. The number of alkyl carbamates (subject to hydrolysis) is 1. The van der Waals surface area contributed by atoms with E-state index >= 15 is 0 Å². The molecular weight excluding hydrogens is 562 g/mol. The minimum absolute atomic E-state index is 0.0956. The van der Waals surface area contributed by atoms with E-state index in [0.717, 1.165) is 59.8 Å². The fourth-order valence-corrected chi connectivity index (χ4v) is 4.90. The number of hydrogen-bond donors (Lipinski definition) is 2. The van der Waals surface area contributed by atoms with Gasteiger partial charge in [-0.05, 0) is 62.4 Å². The lowest BCUT2D eigenvalue weighted by Crippen LogP contribution is -2.47. The third-order valence-electron chi connectivity index (χ3n) is 7.12. The van der Waals surface area contributed by atoms with Crippen molar-refractivity contribution in [3.05, 3.63) is 65.6 Å². The van der Waals surface area contributed by atoms with Gasteiger partial charge in [0.25, 0.3) is 0 Å². The Morgan fingerprint density at radius 2 is 1.64 bits per heavy atom. The molecule has 12 heteroatoms. The molecule has 1 aliphatic heterocycles. The van der Waals surface area contributed by atoms with Crippen molar-refractivity contribution >= 4 is 29.7 Å². The smallest absolute Gasteiger partial charge is 0.408 e. The van der Waals surface area contributed by atoms with Crippen molar-refractivity contribution in [2.45, 2.75) is 52.7 Å². The first-order valence-corrected chi connectivity index (χ1v) is 14.7. The highest BCUT2D eigenvalue weighted by molar-refractivity contribution is 5.82. The number of carboxylic acids is 1. The fourth-order valence-electron chi connectivity index (χ4n) is 4.90. The predicted octanol–water partition coefficient (Wildman–Crippen LogP) is 3.67. The lowest BCUT2D eigenvalue weighted by atomic mass is 10.1. The molecule has 0 bridgehead atoms. The Hall–Kier alpha value is -4.74. The number of carbonyl (C=O) groups is 3. The van der Waals surface area contributed by atoms with Gasteiger partial charge in [-0.1, -0.05) is 24.3 Å². The predicted molar refractivity (Wildman–Crippen MR) is 168 cm³/mol. The van der Waals surface area contributed by atoms with Gasteiger partial charge in [-0.2, -0.15) is 0 Å². The first-order chi connectivity index (χ1) is 20.9. The second-order valence-electron chi connectivity index (χ2n) is 11.9. The number of anilines is 2. The molecule has 1 aromatic carbocycles. The van der Waals surface area contributed by atoms with Crippen molar-refractivity contribution in [3.63, 3.8) is 0 Å². The molecule has 44 heavy (non-hydrogen) atoms. The number of nitrogens with one attached hydrogen (secondary N) is 1. The maximum atomic E-state index is 12.5. The third-order valence-corrected chi connectivity index (χ3v) is 7.12. The minimum Gasteiger partial charge on any atom is -0.481 e. The van der Waals surface area contributed by atoms with Crippen LogP contribution >= 0.6 is 0 Å². The summed E-state index contributed by atoms with van der Waals surface area (Å²) < 4.78 is 5.19. The van der Waals surface area contributed by atoms with Crippen LogP contribution in [0.3, 0.4) is 0 Å². The number of carboxylic acid groups (broad SMARTS) is 1. The van der Waals surface area contributed by atoms with Crippen LogP contribution < -0.4 is 15.1 Å². The Morgan fingerprint density at radius 3 is 2.27 bits per heavy atom. The highest BCUT2D eigenvalue weighted by Crippen LogP contribution is 2.24. The van der Waals surface area contributed by atoms with E-state index < -0.39 is 17.7 Å². The number of amides is 2. The van der Waals surface area contributed by atoms with Crippen LogP contribution in [0.5, 0.6) is 0 Å². The molecule has 1 aliphatic rings. The lowest BCUT2D eigenvalue weighted by molar-refractivity contribution is -0.137. The highest BCUT2D eigenvalue weighted by atomic mass is 16.6. The Labute approximate surface area is 258 Å². The SMILES string of the molecule is Cc1cc(CCC(=O)O)cnc1N1CCN(c2ncc(-c3cccc(CN(C)C(=O)CNC(=O)OC(C)(C)C)c3)cn2)CC1. The van der Waals surface area contributed by atoms with Crippen molar-refractivity contribution in [2.24, 2.45) is 0 Å². The number of benzene rings is 1. The number of aryl methyl sites for hydroxylation is 2. The van der Waals surface area contributed by atoms with Crippen molar-refractivity contribution in [3.8, 4) is 11.1 Å². The van der Waals surface area contributed by atoms with E-state index in [-0.39, 0.29) is 18.9 Å². The number of carbonyl (C=O) groups excluding carboxylic acids is 2. The van der Waals surface area contributed by atoms with E-state index in [1.807, 2.05) is 49.6 Å². The van der Waals surface area contributed by atoms with Crippen LogP contribution in [0.2, 0.25) is 0 Å². The quantitative estimate of drug-likeness (QED) is 0.353. The molecule has 4 rings (SSSR count). The van der Waals surface area contributed by atoms with Crippen LogP contribution in [0.15, 0.2) is 48.9 Å². The van der Waals surface area contributed by atoms with Gasteiger partial charge in [0.1, 0.15) is 18.0 Å². The molecule has 0 saturated carbocycles. The van der Waals surface area contributed by atoms with Gasteiger partial charge in [-0.15, -0.1) is 0 Å². The number of rotatable bonds is 10. The summed E-state index contributed by atoms with van der Waals surface area (Å²) in [6, 6.07) is 9.89. The van der Waals surface area contributed by atoms with Crippen LogP contribution in [0, 0.1) is 6.92 Å². The second kappa shape index (κ2) is 14.2. The Bertz CT molecular complexity index is 1460. The minimum atomic E-state index is -0.810. The van der Waals surface area contributed by atoms with Gasteiger partial charge in [0, 0.05) is 70.3 Å². The number of ether oxygens (including phenoxy) is 1. The summed E-state index contributed by atoms with van der Waals surface area (Å²) in [6.07, 6.45) is 5.34. The van der Waals surface area contributed by atoms with Gasteiger partial charge < -0.3 is 29.9 Å². The molecule has 12 nitrogen and oxygen atoms in total. The molecule has 3 heterocycles. The summed E-state index contributed by atoms with van der Waals surface area (Å²) >= 11 is 0. The van der Waals surface area contributed by atoms with E-state index in [4.69, 9.17) is 9.84 Å². The van der Waals surface area contributed by atoms with Gasteiger partial charge in [-0.3, -0.25) is 9.59 Å². The Balaban J connectivity index is 1.30. The number of pyridine rings is 1. The van der Waals surface area contributed by atoms with Crippen LogP contribution in [0.25, 0.3) is 11.1 Å². The van der Waals surface area contributed by atoms with Gasteiger partial charge in [-0.25, -0.2) is 19.7 Å². The van der Waals surface area contributed by atoms with Crippen molar-refractivity contribution in [1.82, 2.24) is 25.2 Å². The molecule has 234 valence electrons. The molecule has 1 fully saturated rings. The average Bonchev–Trinajstić information content (AvgIpc) is 2.98. The van der Waals surface area contributed by atoms with Crippen LogP contribution in [0.4, 0.5) is 16.6 Å². The number of aromatic nitrogens is 3. The summed E-state index contributed by atoms with van der Waals surface area (Å²) in [4.78, 5) is 55.1. The van der Waals surface area contributed by atoms with Gasteiger partial charge >= 0.3 is 12.1 Å². The zero-order valence-corrected chi connectivity index (χ0v) is 26.0. The molecule has 0 atom stereocenters. The van der Waals surface area contributed by atoms with Crippen molar-refractivity contribution in [1.29, 1.82) is 0 Å². The molecule has 0 unspecified atom stereocenters. The molecule has 2 aromatic heterocycles. The largest absolute Gasteiger partial charge is 0.481 e. The fraction of sp³-hybridized carbons (Fsp3) is 0.438. The van der Waals surface area contributed by atoms with Crippen LogP contribution in [0.1, 0.15) is 43.9 Å². The van der Waals surface area contributed by atoms with E-state index in [0.29, 0.717) is 18.9 Å². The maximum Gasteiger partial charge on any atom is 0.408 e. The first-order valence-electron chi connectivity index (χ1n) is 14.7. The van der Waals surface area contributed by atoms with E-state index in [2.05, 4.69) is 30.1 Å². The van der Waals surface area contributed by atoms with Crippen LogP contribution in [-0.4, -0.2) is 88.3 Å². The maximum absolute atomic E-state index is 12.5. The molecule has 0 spiro atoms. The number of likely N-dealkylation sites (N-methyl/N-ethyl adjacent to an activating group) is 1. The summed E-state index contributed by atoms with van der Waals surface area (Å²) in [5, 5.41) is 11.4. The molecule has 0 aliphatic carbocycles. The number of aliphatic carboxylic acids is 1. The first kappa shape index (κ1) is 32.2. The third kappa shape index (κ3) is 9.13. The van der Waals surface area contributed by atoms with Gasteiger partial charge in [0.15, 0.2) is 0 Å². The zero-order valence-electron chi connectivity index (χ0n) is 26.0. The van der Waals surface area contributed by atoms with Crippen molar-refractivity contribution in [2.75, 3.05) is 49.6 Å². The molecule has 2 amide bonds. The summed E-state index contributed by atoms with van der Waals surface area (Å²) in [5.41, 5.74) is 4.10.